The zero-order valence-electron chi connectivity index (χ0n) is 11.9. The Morgan fingerprint density at radius 1 is 1.52 bits per heavy atom. The van der Waals surface area contributed by atoms with Crippen LogP contribution in [0.2, 0.25) is 5.02 Å². The second-order valence-electron chi connectivity index (χ2n) is 4.98. The molecule has 6 nitrogen and oxygen atoms in total. The van der Waals surface area contributed by atoms with Crippen LogP contribution >= 0.6 is 11.6 Å². The molecule has 0 fully saturated rings. The summed E-state index contributed by atoms with van der Waals surface area (Å²) >= 11 is 5.73. The number of nitro groups is 1. The first-order valence-electron chi connectivity index (χ1n) is 6.47. The molecule has 0 aliphatic heterocycles. The average Bonchev–Trinajstić information content (AvgIpc) is 2.42. The summed E-state index contributed by atoms with van der Waals surface area (Å²) in [5.74, 6) is -0.103. The van der Waals surface area contributed by atoms with Gasteiger partial charge in [-0.05, 0) is 18.1 Å². The predicted octanol–water partition coefficient (Wildman–Crippen LogP) is 3.26. The lowest BCUT2D eigenvalue weighted by Gasteiger charge is -2.23. The maximum atomic E-state index is 12.4. The third kappa shape index (κ3) is 4.72. The molecule has 0 aliphatic rings. The van der Waals surface area contributed by atoms with Crippen molar-refractivity contribution in [1.82, 2.24) is 4.90 Å². The van der Waals surface area contributed by atoms with Gasteiger partial charge in [0.2, 0.25) is 0 Å². The van der Waals surface area contributed by atoms with Gasteiger partial charge in [-0.1, -0.05) is 25.4 Å². The van der Waals surface area contributed by atoms with Gasteiger partial charge in [-0.25, -0.2) is 0 Å². The van der Waals surface area contributed by atoms with Crippen molar-refractivity contribution in [2.24, 2.45) is 5.92 Å². The van der Waals surface area contributed by atoms with Crippen molar-refractivity contribution in [2.45, 2.75) is 20.3 Å². The van der Waals surface area contributed by atoms with Gasteiger partial charge in [0.15, 0.2) is 0 Å². The van der Waals surface area contributed by atoms with Gasteiger partial charge in [0.05, 0.1) is 17.4 Å². The van der Waals surface area contributed by atoms with Crippen molar-refractivity contribution < 1.29 is 9.72 Å². The summed E-state index contributed by atoms with van der Waals surface area (Å²) in [7, 11) is 0. The highest BCUT2D eigenvalue weighted by molar-refractivity contribution is 6.32. The normalized spacial score (nSPS) is 10.2. The molecule has 7 heteroatoms. The van der Waals surface area contributed by atoms with E-state index in [4.69, 9.17) is 16.9 Å². The van der Waals surface area contributed by atoms with Crippen LogP contribution in [0.25, 0.3) is 0 Å². The minimum Gasteiger partial charge on any atom is -0.337 e. The largest absolute Gasteiger partial charge is 0.337 e. The predicted molar refractivity (Wildman–Crippen MR) is 79.1 cm³/mol. The maximum Gasteiger partial charge on any atom is 0.288 e. The van der Waals surface area contributed by atoms with Crippen LogP contribution in [0, 0.1) is 27.4 Å². The first-order valence-corrected chi connectivity index (χ1v) is 6.84. The van der Waals surface area contributed by atoms with E-state index in [1.54, 1.807) is 0 Å². The molecule has 0 saturated carbocycles. The van der Waals surface area contributed by atoms with Crippen LogP contribution < -0.4 is 0 Å². The third-order valence-electron chi connectivity index (χ3n) is 2.76. The molecular formula is C14H16ClN3O3. The topological polar surface area (TPSA) is 87.2 Å². The Labute approximate surface area is 128 Å². The molecule has 1 aromatic rings. The quantitative estimate of drug-likeness (QED) is 0.596. The molecule has 0 aromatic heterocycles. The summed E-state index contributed by atoms with van der Waals surface area (Å²) in [4.78, 5) is 24.2. The molecule has 0 aliphatic carbocycles. The van der Waals surface area contributed by atoms with Crippen LogP contribution in [-0.2, 0) is 0 Å². The minimum absolute atomic E-state index is 0.0102. The summed E-state index contributed by atoms with van der Waals surface area (Å²) in [6.07, 6.45) is 0.216. The summed E-state index contributed by atoms with van der Waals surface area (Å²) < 4.78 is 0. The van der Waals surface area contributed by atoms with Gasteiger partial charge in [-0.15, -0.1) is 0 Å². The number of hydrogen-bond donors (Lipinski definition) is 0. The van der Waals surface area contributed by atoms with Crippen molar-refractivity contribution in [1.29, 1.82) is 5.26 Å². The lowest BCUT2D eigenvalue weighted by atomic mass is 10.1. The van der Waals surface area contributed by atoms with Crippen LogP contribution in [0.3, 0.4) is 0 Å². The van der Waals surface area contributed by atoms with Crippen molar-refractivity contribution >= 4 is 23.2 Å². The number of nitro benzene ring substituents is 1. The molecule has 21 heavy (non-hydrogen) atoms. The zero-order chi connectivity index (χ0) is 16.0. The molecule has 0 atom stereocenters. The van der Waals surface area contributed by atoms with Crippen molar-refractivity contribution in [3.8, 4) is 6.07 Å². The highest BCUT2D eigenvalue weighted by Gasteiger charge is 2.21. The van der Waals surface area contributed by atoms with Gasteiger partial charge in [0, 0.05) is 24.7 Å². The maximum absolute atomic E-state index is 12.4. The molecule has 1 amide bonds. The number of hydrogen-bond acceptors (Lipinski definition) is 4. The standard InChI is InChI=1S/C14H16ClN3O3/c1-10(2)9-17(7-3-6-16)14(19)11-4-5-12(15)13(8-11)18(20)21/h4-5,8,10H,3,7,9H2,1-2H3. The van der Waals surface area contributed by atoms with E-state index in [9.17, 15) is 14.9 Å². The Morgan fingerprint density at radius 3 is 2.71 bits per heavy atom. The molecule has 0 spiro atoms. The lowest BCUT2D eigenvalue weighted by molar-refractivity contribution is -0.384. The number of carbonyl (C=O) groups is 1. The fraction of sp³-hybridized carbons (Fsp3) is 0.429. The molecule has 0 bridgehead atoms. The Hall–Kier alpha value is -2.13. The average molecular weight is 310 g/mol. The number of benzene rings is 1. The molecule has 0 heterocycles. The fourth-order valence-corrected chi connectivity index (χ4v) is 2.06. The van der Waals surface area contributed by atoms with E-state index < -0.39 is 4.92 Å². The molecule has 0 N–H and O–H groups in total. The molecule has 0 saturated heterocycles. The number of carbonyl (C=O) groups excluding carboxylic acids is 1. The molecule has 1 rings (SSSR count). The second-order valence-corrected chi connectivity index (χ2v) is 5.38. The third-order valence-corrected chi connectivity index (χ3v) is 3.08. The summed E-state index contributed by atoms with van der Waals surface area (Å²) in [5, 5.41) is 19.5. The van der Waals surface area contributed by atoms with E-state index in [2.05, 4.69) is 0 Å². The molecule has 112 valence electrons. The number of halogens is 1. The van der Waals surface area contributed by atoms with Gasteiger partial charge < -0.3 is 4.90 Å². The Balaban J connectivity index is 3.05. The van der Waals surface area contributed by atoms with Crippen molar-refractivity contribution in [3.05, 3.63) is 38.9 Å². The summed E-state index contributed by atoms with van der Waals surface area (Å²) in [5.41, 5.74) is -0.100. The van der Waals surface area contributed by atoms with Crippen LogP contribution in [0.1, 0.15) is 30.6 Å². The van der Waals surface area contributed by atoms with Crippen LogP contribution in [0.4, 0.5) is 5.69 Å². The highest BCUT2D eigenvalue weighted by Crippen LogP contribution is 2.25. The fourth-order valence-electron chi connectivity index (χ4n) is 1.87. The smallest absolute Gasteiger partial charge is 0.288 e. The van der Waals surface area contributed by atoms with Gasteiger partial charge in [-0.2, -0.15) is 5.26 Å². The molecular weight excluding hydrogens is 294 g/mol. The Kier molecular flexibility index (Phi) is 6.12. The molecule has 1 aromatic carbocycles. The van der Waals surface area contributed by atoms with Crippen molar-refractivity contribution in [2.75, 3.05) is 13.1 Å². The SMILES string of the molecule is CC(C)CN(CCC#N)C(=O)c1ccc(Cl)c([N+](=O)[O-])c1. The van der Waals surface area contributed by atoms with E-state index in [1.165, 1.54) is 23.1 Å². The van der Waals surface area contributed by atoms with E-state index >= 15 is 0 Å². The van der Waals surface area contributed by atoms with E-state index in [1.807, 2.05) is 19.9 Å². The number of nitrogens with zero attached hydrogens (tertiary/aromatic N) is 3. The minimum atomic E-state index is -0.624. The monoisotopic (exact) mass is 309 g/mol. The molecule has 0 radical (unpaired) electrons. The van der Waals surface area contributed by atoms with Crippen LogP contribution in [-0.4, -0.2) is 28.8 Å². The van der Waals surface area contributed by atoms with Crippen LogP contribution in [0.15, 0.2) is 18.2 Å². The second kappa shape index (κ2) is 7.60. The Morgan fingerprint density at radius 2 is 2.19 bits per heavy atom. The Bertz CT molecular complexity index is 581. The highest BCUT2D eigenvalue weighted by atomic mass is 35.5. The number of nitriles is 1. The zero-order valence-corrected chi connectivity index (χ0v) is 12.6. The number of rotatable bonds is 6. The summed E-state index contributed by atoms with van der Waals surface area (Å²) in [6.45, 7) is 4.69. The van der Waals surface area contributed by atoms with Gasteiger partial charge in [0.25, 0.3) is 11.6 Å². The van der Waals surface area contributed by atoms with Gasteiger partial charge in [0.1, 0.15) is 5.02 Å². The number of amides is 1. The van der Waals surface area contributed by atoms with E-state index in [0.29, 0.717) is 13.1 Å². The van der Waals surface area contributed by atoms with Gasteiger partial charge >= 0.3 is 0 Å². The van der Waals surface area contributed by atoms with Crippen LogP contribution in [0.5, 0.6) is 0 Å². The van der Waals surface area contributed by atoms with Crippen molar-refractivity contribution in [3.63, 3.8) is 0 Å². The van der Waals surface area contributed by atoms with E-state index in [0.717, 1.165) is 0 Å². The summed E-state index contributed by atoms with van der Waals surface area (Å²) in [6, 6.07) is 5.96. The lowest BCUT2D eigenvalue weighted by Crippen LogP contribution is -2.35. The van der Waals surface area contributed by atoms with E-state index in [-0.39, 0.29) is 34.5 Å². The molecule has 0 unspecified atom stereocenters. The van der Waals surface area contributed by atoms with Gasteiger partial charge in [-0.3, -0.25) is 14.9 Å². The first kappa shape index (κ1) is 16.9. The first-order chi connectivity index (χ1) is 9.86.